The van der Waals surface area contributed by atoms with Crippen LogP contribution in [0, 0.1) is 6.92 Å². The molecule has 3 aromatic rings. The molecule has 8 heteroatoms. The Balaban J connectivity index is 1.46. The predicted octanol–water partition coefficient (Wildman–Crippen LogP) is 5.17. The summed E-state index contributed by atoms with van der Waals surface area (Å²) >= 11 is 0. The third kappa shape index (κ3) is 6.17. The molecule has 4 rings (SSSR count). The highest BCUT2D eigenvalue weighted by Gasteiger charge is 2.26. The fourth-order valence-electron chi connectivity index (χ4n) is 4.39. The van der Waals surface area contributed by atoms with Gasteiger partial charge in [0.15, 0.2) is 5.76 Å². The van der Waals surface area contributed by atoms with Crippen LogP contribution in [0.2, 0.25) is 0 Å². The molecule has 1 amide bonds. The van der Waals surface area contributed by atoms with E-state index in [1.54, 1.807) is 12.1 Å². The van der Waals surface area contributed by atoms with E-state index < -0.39 is 15.7 Å². The molecule has 192 valence electrons. The Morgan fingerprint density at radius 3 is 2.36 bits per heavy atom. The fourth-order valence-corrected chi connectivity index (χ4v) is 5.56. The largest absolute Gasteiger partial charge is 0.494 e. The summed E-state index contributed by atoms with van der Waals surface area (Å²) in [5.74, 6) is 0.367. The fraction of sp³-hybridized carbons (Fsp3) is 0.393. The molecule has 1 atom stereocenters. The zero-order valence-electron chi connectivity index (χ0n) is 20.9. The van der Waals surface area contributed by atoms with Gasteiger partial charge in [0.1, 0.15) is 5.75 Å². The second-order valence-electron chi connectivity index (χ2n) is 9.18. The van der Waals surface area contributed by atoms with Gasteiger partial charge in [-0.1, -0.05) is 43.2 Å². The van der Waals surface area contributed by atoms with E-state index in [1.165, 1.54) is 30.7 Å². The summed E-state index contributed by atoms with van der Waals surface area (Å²) in [5.41, 5.74) is 2.06. The molecule has 2 heterocycles. The van der Waals surface area contributed by atoms with Crippen LogP contribution in [-0.2, 0) is 9.84 Å². The first-order valence-electron chi connectivity index (χ1n) is 12.5. The minimum atomic E-state index is -3.84. The Morgan fingerprint density at radius 2 is 1.69 bits per heavy atom. The van der Waals surface area contributed by atoms with Crippen LogP contribution in [0.3, 0.4) is 0 Å². The Bertz CT molecular complexity index is 1240. The summed E-state index contributed by atoms with van der Waals surface area (Å²) in [6.45, 7) is 6.95. The molecule has 0 radical (unpaired) electrons. The van der Waals surface area contributed by atoms with Crippen molar-refractivity contribution in [2.45, 2.75) is 55.6 Å². The van der Waals surface area contributed by atoms with Crippen LogP contribution in [0.15, 0.2) is 75.1 Å². The molecule has 0 aliphatic carbocycles. The van der Waals surface area contributed by atoms with Gasteiger partial charge in [0.2, 0.25) is 14.9 Å². The van der Waals surface area contributed by atoms with Crippen molar-refractivity contribution in [3.05, 3.63) is 77.6 Å². The van der Waals surface area contributed by atoms with E-state index in [-0.39, 0.29) is 21.8 Å². The number of carbonyl (C=O) groups excluding carboxylic acids is 1. The predicted molar refractivity (Wildman–Crippen MR) is 138 cm³/mol. The lowest BCUT2D eigenvalue weighted by Gasteiger charge is -2.35. The molecule has 0 spiro atoms. The van der Waals surface area contributed by atoms with Crippen LogP contribution < -0.4 is 10.1 Å². The second kappa shape index (κ2) is 11.8. The van der Waals surface area contributed by atoms with Crippen LogP contribution in [0.4, 0.5) is 0 Å². The molecule has 2 aromatic carbocycles. The van der Waals surface area contributed by atoms with Gasteiger partial charge in [-0.05, 0) is 81.2 Å². The topological polar surface area (TPSA) is 88.8 Å². The van der Waals surface area contributed by atoms with Gasteiger partial charge in [0.25, 0.3) is 5.91 Å². The number of piperidine rings is 1. The monoisotopic (exact) mass is 510 g/mol. The highest BCUT2D eigenvalue weighted by atomic mass is 32.2. The summed E-state index contributed by atoms with van der Waals surface area (Å²) in [7, 11) is -3.84. The number of nitrogens with one attached hydrogen (secondary N) is 1. The van der Waals surface area contributed by atoms with E-state index in [0.29, 0.717) is 13.2 Å². The zero-order chi connectivity index (χ0) is 25.5. The quantitative estimate of drug-likeness (QED) is 0.405. The van der Waals surface area contributed by atoms with E-state index >= 15 is 0 Å². The SMILES string of the molecule is CCCOc1ccc(C(CNC(=O)c2ccc(S(=O)(=O)c3ccc(C)cc3)o2)N2CCCCC2)cc1. The normalized spacial score (nSPS) is 15.4. The first-order chi connectivity index (χ1) is 17.4. The molecule has 1 saturated heterocycles. The molecule has 7 nitrogen and oxygen atoms in total. The number of sulfone groups is 1. The lowest BCUT2D eigenvalue weighted by atomic mass is 10.0. The standard InChI is InChI=1S/C28H34N2O5S/c1-3-19-34-23-11-9-22(10-12-23)25(30-17-5-4-6-18-30)20-29-28(31)26-15-16-27(35-26)36(32,33)24-13-7-21(2)8-14-24/h7-16,25H,3-6,17-20H2,1-2H3,(H,29,31). The maximum absolute atomic E-state index is 12.9. The smallest absolute Gasteiger partial charge is 0.287 e. The maximum Gasteiger partial charge on any atom is 0.287 e. The van der Waals surface area contributed by atoms with E-state index in [9.17, 15) is 13.2 Å². The van der Waals surface area contributed by atoms with Crippen LogP contribution >= 0.6 is 0 Å². The molecular weight excluding hydrogens is 476 g/mol. The summed E-state index contributed by atoms with van der Waals surface area (Å²) in [4.78, 5) is 15.4. The molecule has 1 aromatic heterocycles. The zero-order valence-corrected chi connectivity index (χ0v) is 21.7. The van der Waals surface area contributed by atoms with Gasteiger partial charge in [-0.2, -0.15) is 0 Å². The van der Waals surface area contributed by atoms with Gasteiger partial charge < -0.3 is 14.5 Å². The van der Waals surface area contributed by atoms with Crippen molar-refractivity contribution in [3.8, 4) is 5.75 Å². The van der Waals surface area contributed by atoms with E-state index in [1.807, 2.05) is 19.1 Å². The minimum Gasteiger partial charge on any atom is -0.494 e. The highest BCUT2D eigenvalue weighted by Crippen LogP contribution is 2.27. The molecule has 1 fully saturated rings. The third-order valence-electron chi connectivity index (χ3n) is 6.43. The van der Waals surface area contributed by atoms with Gasteiger partial charge in [-0.3, -0.25) is 9.69 Å². The average molecular weight is 511 g/mol. The van der Waals surface area contributed by atoms with Crippen molar-refractivity contribution in [3.63, 3.8) is 0 Å². The number of hydrogen-bond donors (Lipinski definition) is 1. The number of aryl methyl sites for hydroxylation is 1. The van der Waals surface area contributed by atoms with E-state index in [4.69, 9.17) is 9.15 Å². The Hall–Kier alpha value is -3.10. The van der Waals surface area contributed by atoms with Crippen molar-refractivity contribution in [2.24, 2.45) is 0 Å². The van der Waals surface area contributed by atoms with Crippen LogP contribution in [0.5, 0.6) is 5.75 Å². The number of benzene rings is 2. The molecule has 36 heavy (non-hydrogen) atoms. The minimum absolute atomic E-state index is 0.000184. The van der Waals surface area contributed by atoms with Gasteiger partial charge in [-0.25, -0.2) is 8.42 Å². The number of likely N-dealkylation sites (tertiary alicyclic amines) is 1. The number of carbonyl (C=O) groups is 1. The van der Waals surface area contributed by atoms with Crippen molar-refractivity contribution >= 4 is 15.7 Å². The van der Waals surface area contributed by atoms with Gasteiger partial charge in [0, 0.05) is 6.54 Å². The Kier molecular flexibility index (Phi) is 8.48. The first kappa shape index (κ1) is 26.0. The summed E-state index contributed by atoms with van der Waals surface area (Å²) in [6.07, 6.45) is 4.41. The molecule has 1 N–H and O–H groups in total. The number of amides is 1. The second-order valence-corrected chi connectivity index (χ2v) is 11.1. The van der Waals surface area contributed by atoms with Crippen molar-refractivity contribution in [2.75, 3.05) is 26.2 Å². The lowest BCUT2D eigenvalue weighted by Crippen LogP contribution is -2.40. The summed E-state index contributed by atoms with van der Waals surface area (Å²) < 4.78 is 37.0. The molecular formula is C28H34N2O5S. The first-order valence-corrected chi connectivity index (χ1v) is 14.0. The number of ether oxygens (including phenoxy) is 1. The van der Waals surface area contributed by atoms with Gasteiger partial charge >= 0.3 is 0 Å². The van der Waals surface area contributed by atoms with Crippen molar-refractivity contribution in [1.29, 1.82) is 0 Å². The van der Waals surface area contributed by atoms with Crippen LogP contribution in [-0.4, -0.2) is 45.5 Å². The van der Waals surface area contributed by atoms with Crippen LogP contribution in [0.1, 0.15) is 60.3 Å². The molecule has 0 saturated carbocycles. The number of hydrogen-bond acceptors (Lipinski definition) is 6. The van der Waals surface area contributed by atoms with Crippen LogP contribution in [0.25, 0.3) is 0 Å². The maximum atomic E-state index is 12.9. The number of nitrogens with zero attached hydrogens (tertiary/aromatic N) is 1. The van der Waals surface area contributed by atoms with E-state index in [0.717, 1.165) is 49.2 Å². The summed E-state index contributed by atoms with van der Waals surface area (Å²) in [5, 5.41) is 2.71. The Labute approximate surface area is 213 Å². The number of rotatable bonds is 10. The molecule has 1 unspecified atom stereocenters. The van der Waals surface area contributed by atoms with Crippen molar-refractivity contribution < 1.29 is 22.4 Å². The number of furan rings is 1. The van der Waals surface area contributed by atoms with Crippen molar-refractivity contribution in [1.82, 2.24) is 10.2 Å². The lowest BCUT2D eigenvalue weighted by molar-refractivity contribution is 0.0892. The third-order valence-corrected chi connectivity index (χ3v) is 8.07. The molecule has 0 bridgehead atoms. The summed E-state index contributed by atoms with van der Waals surface area (Å²) in [6, 6.07) is 17.3. The highest BCUT2D eigenvalue weighted by molar-refractivity contribution is 7.91. The Morgan fingerprint density at radius 1 is 1.00 bits per heavy atom. The molecule has 1 aliphatic heterocycles. The van der Waals surface area contributed by atoms with Gasteiger partial charge in [0.05, 0.1) is 17.5 Å². The van der Waals surface area contributed by atoms with E-state index in [2.05, 4.69) is 29.3 Å². The average Bonchev–Trinajstić information content (AvgIpc) is 3.41. The molecule has 1 aliphatic rings. The van der Waals surface area contributed by atoms with Gasteiger partial charge in [-0.15, -0.1) is 0 Å².